The minimum atomic E-state index is -0.411. The SMILES string of the molecule is CC(C)(C)OC(=O)C1CCN(c2cnc(Br)cn2)CC1. The molecule has 6 heteroatoms. The second-order valence-electron chi connectivity index (χ2n) is 5.99. The van der Waals surface area contributed by atoms with Crippen LogP contribution in [0.15, 0.2) is 17.0 Å². The van der Waals surface area contributed by atoms with Gasteiger partial charge in [0.2, 0.25) is 0 Å². The average molecular weight is 342 g/mol. The molecule has 0 radical (unpaired) electrons. The first-order valence-corrected chi connectivity index (χ1v) is 7.60. The monoisotopic (exact) mass is 341 g/mol. The van der Waals surface area contributed by atoms with Crippen LogP contribution >= 0.6 is 15.9 Å². The van der Waals surface area contributed by atoms with Gasteiger partial charge >= 0.3 is 5.97 Å². The lowest BCUT2D eigenvalue weighted by Crippen LogP contribution is -2.39. The Labute approximate surface area is 127 Å². The molecule has 0 saturated carbocycles. The summed E-state index contributed by atoms with van der Waals surface area (Å²) in [5, 5.41) is 0. The van der Waals surface area contributed by atoms with Crippen molar-refractivity contribution in [1.82, 2.24) is 9.97 Å². The molecule has 20 heavy (non-hydrogen) atoms. The van der Waals surface area contributed by atoms with Gasteiger partial charge < -0.3 is 9.64 Å². The number of anilines is 1. The highest BCUT2D eigenvalue weighted by Crippen LogP contribution is 2.24. The van der Waals surface area contributed by atoms with Crippen molar-refractivity contribution in [2.75, 3.05) is 18.0 Å². The molecule has 0 N–H and O–H groups in total. The molecule has 0 amide bonds. The van der Waals surface area contributed by atoms with Crippen LogP contribution < -0.4 is 4.90 Å². The zero-order valence-corrected chi connectivity index (χ0v) is 13.7. The van der Waals surface area contributed by atoms with E-state index in [2.05, 4.69) is 30.8 Å². The number of halogens is 1. The van der Waals surface area contributed by atoms with E-state index in [1.54, 1.807) is 12.4 Å². The van der Waals surface area contributed by atoms with Crippen molar-refractivity contribution in [3.05, 3.63) is 17.0 Å². The molecular weight excluding hydrogens is 322 g/mol. The van der Waals surface area contributed by atoms with Crippen LogP contribution in [0.5, 0.6) is 0 Å². The highest BCUT2D eigenvalue weighted by molar-refractivity contribution is 9.10. The van der Waals surface area contributed by atoms with Crippen molar-refractivity contribution < 1.29 is 9.53 Å². The van der Waals surface area contributed by atoms with E-state index < -0.39 is 5.60 Å². The maximum absolute atomic E-state index is 12.0. The first-order chi connectivity index (χ1) is 9.35. The molecule has 1 aliphatic rings. The van der Waals surface area contributed by atoms with E-state index in [9.17, 15) is 4.79 Å². The van der Waals surface area contributed by atoms with Gasteiger partial charge in [0.25, 0.3) is 0 Å². The molecule has 2 heterocycles. The molecule has 1 aliphatic heterocycles. The van der Waals surface area contributed by atoms with Crippen LogP contribution in [0.1, 0.15) is 33.6 Å². The topological polar surface area (TPSA) is 55.3 Å². The number of aromatic nitrogens is 2. The molecule has 1 saturated heterocycles. The number of rotatable bonds is 2. The summed E-state index contributed by atoms with van der Waals surface area (Å²) in [6.45, 7) is 7.31. The number of carbonyl (C=O) groups is 1. The van der Waals surface area contributed by atoms with E-state index in [0.29, 0.717) is 0 Å². The molecule has 1 aromatic heterocycles. The van der Waals surface area contributed by atoms with E-state index in [4.69, 9.17) is 4.74 Å². The second kappa shape index (κ2) is 6.08. The summed E-state index contributed by atoms with van der Waals surface area (Å²) in [6.07, 6.45) is 5.03. The minimum absolute atomic E-state index is 0.00566. The summed E-state index contributed by atoms with van der Waals surface area (Å²) in [6, 6.07) is 0. The Kier molecular flexibility index (Phi) is 4.62. The molecule has 0 bridgehead atoms. The molecule has 0 atom stereocenters. The molecule has 0 aromatic carbocycles. The van der Waals surface area contributed by atoms with E-state index >= 15 is 0 Å². The van der Waals surface area contributed by atoms with Gasteiger partial charge in [0.1, 0.15) is 16.0 Å². The summed E-state index contributed by atoms with van der Waals surface area (Å²) >= 11 is 3.27. The van der Waals surface area contributed by atoms with Crippen LogP contribution in [0.3, 0.4) is 0 Å². The smallest absolute Gasteiger partial charge is 0.309 e. The van der Waals surface area contributed by atoms with Crippen LogP contribution in [0.2, 0.25) is 0 Å². The third-order valence-corrected chi connectivity index (χ3v) is 3.58. The van der Waals surface area contributed by atoms with Gasteiger partial charge in [0.05, 0.1) is 18.3 Å². The number of piperidine rings is 1. The van der Waals surface area contributed by atoms with E-state index in [1.807, 2.05) is 20.8 Å². The Morgan fingerprint density at radius 2 is 1.95 bits per heavy atom. The normalized spacial score (nSPS) is 17.1. The third-order valence-electron chi connectivity index (χ3n) is 3.17. The summed E-state index contributed by atoms with van der Waals surface area (Å²) < 4.78 is 6.17. The van der Waals surface area contributed by atoms with Gasteiger partial charge in [0, 0.05) is 13.1 Å². The zero-order chi connectivity index (χ0) is 14.8. The van der Waals surface area contributed by atoms with Crippen molar-refractivity contribution >= 4 is 27.7 Å². The fourth-order valence-corrected chi connectivity index (χ4v) is 2.40. The molecule has 2 rings (SSSR count). The molecule has 0 aliphatic carbocycles. The maximum atomic E-state index is 12.0. The third kappa shape index (κ3) is 4.16. The highest BCUT2D eigenvalue weighted by Gasteiger charge is 2.29. The number of hydrogen-bond acceptors (Lipinski definition) is 5. The van der Waals surface area contributed by atoms with Crippen LogP contribution in [-0.2, 0) is 9.53 Å². The Hall–Kier alpha value is -1.17. The zero-order valence-electron chi connectivity index (χ0n) is 12.1. The molecular formula is C14H20BrN3O2. The molecule has 1 fully saturated rings. The van der Waals surface area contributed by atoms with Crippen LogP contribution in [0.25, 0.3) is 0 Å². The predicted octanol–water partition coefficient (Wildman–Crippen LogP) is 2.80. The average Bonchev–Trinajstić information content (AvgIpc) is 2.38. The quantitative estimate of drug-likeness (QED) is 0.774. The number of nitrogens with zero attached hydrogens (tertiary/aromatic N) is 3. The number of hydrogen-bond donors (Lipinski definition) is 0. The van der Waals surface area contributed by atoms with Crippen molar-refractivity contribution in [3.63, 3.8) is 0 Å². The van der Waals surface area contributed by atoms with Crippen molar-refractivity contribution in [3.8, 4) is 0 Å². The van der Waals surface area contributed by atoms with Crippen LogP contribution in [0.4, 0.5) is 5.82 Å². The second-order valence-corrected chi connectivity index (χ2v) is 6.80. The van der Waals surface area contributed by atoms with Crippen LogP contribution in [0, 0.1) is 5.92 Å². The molecule has 0 spiro atoms. The highest BCUT2D eigenvalue weighted by atomic mass is 79.9. The number of esters is 1. The number of ether oxygens (including phenoxy) is 1. The van der Waals surface area contributed by atoms with Gasteiger partial charge in [-0.05, 0) is 49.5 Å². The fourth-order valence-electron chi connectivity index (χ4n) is 2.20. The van der Waals surface area contributed by atoms with Crippen LogP contribution in [-0.4, -0.2) is 34.6 Å². The Balaban J connectivity index is 1.89. The van der Waals surface area contributed by atoms with E-state index in [-0.39, 0.29) is 11.9 Å². The largest absolute Gasteiger partial charge is 0.460 e. The van der Waals surface area contributed by atoms with E-state index in [0.717, 1.165) is 36.4 Å². The first kappa shape index (κ1) is 15.2. The molecule has 5 nitrogen and oxygen atoms in total. The van der Waals surface area contributed by atoms with Crippen molar-refractivity contribution in [1.29, 1.82) is 0 Å². The molecule has 1 aromatic rings. The Bertz CT molecular complexity index is 462. The molecule has 0 unspecified atom stereocenters. The Morgan fingerprint density at radius 3 is 2.45 bits per heavy atom. The summed E-state index contributed by atoms with van der Waals surface area (Å²) in [4.78, 5) is 22.7. The van der Waals surface area contributed by atoms with Gasteiger partial charge in [-0.2, -0.15) is 0 Å². The van der Waals surface area contributed by atoms with Crippen molar-refractivity contribution in [2.45, 2.75) is 39.2 Å². The summed E-state index contributed by atoms with van der Waals surface area (Å²) in [5.74, 6) is 0.767. The fraction of sp³-hybridized carbons (Fsp3) is 0.643. The van der Waals surface area contributed by atoms with Gasteiger partial charge in [-0.25, -0.2) is 9.97 Å². The van der Waals surface area contributed by atoms with Gasteiger partial charge in [-0.3, -0.25) is 4.79 Å². The van der Waals surface area contributed by atoms with Gasteiger partial charge in [-0.1, -0.05) is 0 Å². The molecule has 110 valence electrons. The lowest BCUT2D eigenvalue weighted by molar-refractivity contribution is -0.160. The summed E-state index contributed by atoms with van der Waals surface area (Å²) in [5.41, 5.74) is -0.411. The maximum Gasteiger partial charge on any atom is 0.309 e. The Morgan fingerprint density at radius 1 is 1.30 bits per heavy atom. The van der Waals surface area contributed by atoms with Gasteiger partial charge in [0.15, 0.2) is 0 Å². The van der Waals surface area contributed by atoms with E-state index in [1.165, 1.54) is 0 Å². The lowest BCUT2D eigenvalue weighted by Gasteiger charge is -2.32. The lowest BCUT2D eigenvalue weighted by atomic mass is 9.96. The standard InChI is InChI=1S/C14H20BrN3O2/c1-14(2,3)20-13(19)10-4-6-18(7-5-10)12-9-16-11(15)8-17-12/h8-10H,4-7H2,1-3H3. The predicted molar refractivity (Wildman–Crippen MR) is 80.5 cm³/mol. The first-order valence-electron chi connectivity index (χ1n) is 6.80. The van der Waals surface area contributed by atoms with Crippen molar-refractivity contribution in [2.24, 2.45) is 5.92 Å². The summed E-state index contributed by atoms with van der Waals surface area (Å²) in [7, 11) is 0. The van der Waals surface area contributed by atoms with Gasteiger partial charge in [-0.15, -0.1) is 0 Å². The minimum Gasteiger partial charge on any atom is -0.460 e. The number of carbonyl (C=O) groups excluding carboxylic acids is 1.